The average Bonchev–Trinajstić information content (AvgIpc) is 3.07. The maximum absolute atomic E-state index is 12.4. The molecule has 3 rings (SSSR count). The molecule has 0 aliphatic heterocycles. The molecule has 1 amide bonds. The van der Waals surface area contributed by atoms with Crippen LogP contribution in [0.3, 0.4) is 0 Å². The number of aromatic nitrogens is 2. The molecule has 0 fully saturated rings. The molecule has 0 saturated carbocycles. The van der Waals surface area contributed by atoms with E-state index in [-0.39, 0.29) is 16.8 Å². The van der Waals surface area contributed by atoms with Crippen LogP contribution in [0.15, 0.2) is 41.0 Å². The SMILES string of the molecule is Cc1ccc2c(c1)[n+]([O-])c(C#N)c(NC(=O)c1ccco1)[n+]2[O-]. The first-order valence-corrected chi connectivity index (χ1v) is 6.57. The second-order valence-corrected chi connectivity index (χ2v) is 4.82. The van der Waals surface area contributed by atoms with Gasteiger partial charge in [-0.3, -0.25) is 0 Å². The molecule has 0 bridgehead atoms. The molecule has 8 heteroatoms. The van der Waals surface area contributed by atoms with E-state index in [4.69, 9.17) is 4.42 Å². The third kappa shape index (κ3) is 2.30. The number of fused-ring (bicyclic) bond motifs is 1. The Kier molecular flexibility index (Phi) is 3.31. The van der Waals surface area contributed by atoms with Crippen molar-refractivity contribution in [2.75, 3.05) is 5.32 Å². The normalized spacial score (nSPS) is 10.4. The van der Waals surface area contributed by atoms with Crippen LogP contribution in [0.4, 0.5) is 5.82 Å². The van der Waals surface area contributed by atoms with Gasteiger partial charge in [-0.05, 0) is 30.7 Å². The van der Waals surface area contributed by atoms with Crippen molar-refractivity contribution in [3.05, 3.63) is 64.0 Å². The third-order valence-corrected chi connectivity index (χ3v) is 3.28. The second-order valence-electron chi connectivity index (χ2n) is 4.82. The summed E-state index contributed by atoms with van der Waals surface area (Å²) in [5.41, 5.74) is 0.350. The number of carbonyl (C=O) groups is 1. The molecule has 0 spiro atoms. The summed E-state index contributed by atoms with van der Waals surface area (Å²) in [5.74, 6) is -1.22. The highest BCUT2D eigenvalue weighted by Crippen LogP contribution is 2.15. The predicted octanol–water partition coefficient (Wildman–Crippen LogP) is 1.13. The van der Waals surface area contributed by atoms with E-state index in [1.807, 2.05) is 0 Å². The topological polar surface area (TPSA) is 120 Å². The molecule has 0 aliphatic carbocycles. The van der Waals surface area contributed by atoms with Gasteiger partial charge in [0.25, 0.3) is 5.52 Å². The van der Waals surface area contributed by atoms with Gasteiger partial charge in [-0.15, -0.1) is 4.73 Å². The Morgan fingerprint density at radius 2 is 2.04 bits per heavy atom. The summed E-state index contributed by atoms with van der Waals surface area (Å²) in [6.45, 7) is 1.76. The molecule has 2 aromatic heterocycles. The summed E-state index contributed by atoms with van der Waals surface area (Å²) in [6.07, 6.45) is 1.29. The zero-order valence-electron chi connectivity index (χ0n) is 11.9. The summed E-state index contributed by atoms with van der Waals surface area (Å²) in [5, 5.41) is 36.2. The minimum Gasteiger partial charge on any atom is -0.710 e. The number of furan rings is 1. The summed E-state index contributed by atoms with van der Waals surface area (Å²) < 4.78 is 5.60. The Bertz CT molecular complexity index is 958. The minimum atomic E-state index is -0.734. The molecular formula is C15H10N4O4. The number of nitrogens with zero attached hydrogens (tertiary/aromatic N) is 3. The van der Waals surface area contributed by atoms with Crippen LogP contribution >= 0.6 is 0 Å². The van der Waals surface area contributed by atoms with Crippen molar-refractivity contribution in [1.82, 2.24) is 0 Å². The number of aryl methyl sites for hydroxylation is 1. The molecule has 3 aromatic rings. The van der Waals surface area contributed by atoms with Gasteiger partial charge in [0, 0.05) is 6.07 Å². The number of amides is 1. The van der Waals surface area contributed by atoms with Crippen molar-refractivity contribution in [3.63, 3.8) is 0 Å². The van der Waals surface area contributed by atoms with Crippen molar-refractivity contribution < 1.29 is 18.7 Å². The van der Waals surface area contributed by atoms with E-state index in [0.29, 0.717) is 9.46 Å². The molecular weight excluding hydrogens is 300 g/mol. The van der Waals surface area contributed by atoms with Gasteiger partial charge < -0.3 is 14.8 Å². The standard InChI is InChI=1S/C15H10N4O4/c1-9-4-5-10-11(7-9)18(21)12(8-16)14(19(10)22)17-15(20)13-3-2-6-23-13/h2-7H,1H3,(H,17,20). The van der Waals surface area contributed by atoms with Gasteiger partial charge >= 0.3 is 17.4 Å². The fourth-order valence-corrected chi connectivity index (χ4v) is 2.19. The predicted molar refractivity (Wildman–Crippen MR) is 78.0 cm³/mol. The highest BCUT2D eigenvalue weighted by Gasteiger charge is 2.30. The van der Waals surface area contributed by atoms with E-state index in [2.05, 4.69) is 5.32 Å². The van der Waals surface area contributed by atoms with Gasteiger partial charge in [-0.1, -0.05) is 6.07 Å². The number of anilines is 1. The lowest BCUT2D eigenvalue weighted by molar-refractivity contribution is -0.620. The number of hydrogen-bond acceptors (Lipinski definition) is 5. The quantitative estimate of drug-likeness (QED) is 0.562. The Balaban J connectivity index is 2.20. The lowest BCUT2D eigenvalue weighted by Gasteiger charge is -2.12. The molecule has 0 aliphatic rings. The zero-order valence-corrected chi connectivity index (χ0v) is 11.9. The maximum Gasteiger partial charge on any atom is 0.386 e. The average molecular weight is 310 g/mol. The minimum absolute atomic E-state index is 0.0411. The smallest absolute Gasteiger partial charge is 0.386 e. The van der Waals surface area contributed by atoms with Gasteiger partial charge in [-0.2, -0.15) is 10.6 Å². The summed E-state index contributed by atoms with van der Waals surface area (Å²) in [6, 6.07) is 9.15. The molecule has 0 radical (unpaired) electrons. The lowest BCUT2D eigenvalue weighted by atomic mass is 10.2. The monoisotopic (exact) mass is 310 g/mol. The fraction of sp³-hybridized carbons (Fsp3) is 0.0667. The maximum atomic E-state index is 12.4. The number of rotatable bonds is 2. The van der Waals surface area contributed by atoms with Crippen LogP contribution in [-0.4, -0.2) is 5.91 Å². The van der Waals surface area contributed by atoms with Gasteiger partial charge in [0.05, 0.1) is 6.26 Å². The van der Waals surface area contributed by atoms with Crippen LogP contribution < -0.4 is 14.8 Å². The van der Waals surface area contributed by atoms with Crippen molar-refractivity contribution in [3.8, 4) is 6.07 Å². The first-order valence-electron chi connectivity index (χ1n) is 6.57. The third-order valence-electron chi connectivity index (χ3n) is 3.28. The number of nitriles is 1. The van der Waals surface area contributed by atoms with Crippen molar-refractivity contribution in [1.29, 1.82) is 5.26 Å². The van der Waals surface area contributed by atoms with E-state index in [9.17, 15) is 20.5 Å². The van der Waals surface area contributed by atoms with E-state index >= 15 is 0 Å². The molecule has 0 unspecified atom stereocenters. The molecule has 1 N–H and O–H groups in total. The van der Waals surface area contributed by atoms with Crippen LogP contribution in [0.5, 0.6) is 0 Å². The Hall–Kier alpha value is -3.60. The van der Waals surface area contributed by atoms with Gasteiger partial charge in [0.15, 0.2) is 6.07 Å². The van der Waals surface area contributed by atoms with Gasteiger partial charge in [0.2, 0.25) is 11.3 Å². The number of hydrogen-bond donors (Lipinski definition) is 1. The van der Waals surface area contributed by atoms with Crippen LogP contribution in [0, 0.1) is 28.7 Å². The molecule has 1 aromatic carbocycles. The Morgan fingerprint density at radius 3 is 2.70 bits per heavy atom. The van der Waals surface area contributed by atoms with E-state index in [1.165, 1.54) is 30.5 Å². The number of carbonyl (C=O) groups excluding carboxylic acids is 1. The van der Waals surface area contributed by atoms with Gasteiger partial charge in [-0.25, -0.2) is 9.52 Å². The van der Waals surface area contributed by atoms with Crippen LogP contribution in [-0.2, 0) is 0 Å². The highest BCUT2D eigenvalue weighted by molar-refractivity contribution is 6.01. The van der Waals surface area contributed by atoms with Gasteiger partial charge in [0.1, 0.15) is 0 Å². The fourth-order valence-electron chi connectivity index (χ4n) is 2.19. The van der Waals surface area contributed by atoms with E-state index in [0.717, 1.165) is 5.56 Å². The Labute approximate surface area is 130 Å². The first-order chi connectivity index (χ1) is 11.0. The molecule has 114 valence electrons. The molecule has 0 saturated heterocycles. The summed E-state index contributed by atoms with van der Waals surface area (Å²) in [4.78, 5) is 12.0. The van der Waals surface area contributed by atoms with Crippen LogP contribution in [0.25, 0.3) is 11.0 Å². The van der Waals surface area contributed by atoms with Crippen LogP contribution in [0.2, 0.25) is 0 Å². The van der Waals surface area contributed by atoms with Crippen molar-refractivity contribution in [2.45, 2.75) is 6.92 Å². The van der Waals surface area contributed by atoms with Crippen LogP contribution in [0.1, 0.15) is 21.8 Å². The molecule has 2 heterocycles. The van der Waals surface area contributed by atoms with Crippen molar-refractivity contribution in [2.24, 2.45) is 0 Å². The largest absolute Gasteiger partial charge is 0.710 e. The zero-order chi connectivity index (χ0) is 16.6. The first kappa shape index (κ1) is 14.3. The summed E-state index contributed by atoms with van der Waals surface area (Å²) in [7, 11) is 0. The summed E-state index contributed by atoms with van der Waals surface area (Å²) >= 11 is 0. The number of benzene rings is 1. The number of nitrogens with one attached hydrogen (secondary N) is 1. The second kappa shape index (κ2) is 5.31. The Morgan fingerprint density at radius 1 is 1.26 bits per heavy atom. The molecule has 0 atom stereocenters. The highest BCUT2D eigenvalue weighted by atomic mass is 16.5. The molecule has 8 nitrogen and oxygen atoms in total. The van der Waals surface area contributed by atoms with E-state index in [1.54, 1.807) is 19.1 Å². The van der Waals surface area contributed by atoms with E-state index < -0.39 is 17.4 Å². The van der Waals surface area contributed by atoms with Crippen molar-refractivity contribution >= 4 is 22.8 Å². The molecule has 23 heavy (non-hydrogen) atoms. The lowest BCUT2D eigenvalue weighted by Crippen LogP contribution is -2.44.